The van der Waals surface area contributed by atoms with Crippen molar-refractivity contribution in [3.05, 3.63) is 0 Å². The van der Waals surface area contributed by atoms with Crippen LogP contribution in [-0.2, 0) is 14.3 Å². The van der Waals surface area contributed by atoms with E-state index in [9.17, 15) is 15.0 Å². The van der Waals surface area contributed by atoms with Gasteiger partial charge in [0.2, 0.25) is 5.91 Å². The molecule has 17 heavy (non-hydrogen) atoms. The molecule has 1 aliphatic heterocycles. The highest BCUT2D eigenvalue weighted by atomic mass is 16.7. The lowest BCUT2D eigenvalue weighted by atomic mass is 10.0. The Morgan fingerprint density at radius 2 is 2.24 bits per heavy atom. The molecule has 0 aromatic rings. The molecule has 0 saturated carbocycles. The van der Waals surface area contributed by atoms with Gasteiger partial charge in [-0.15, -0.1) is 0 Å². The number of aliphatic hydroxyl groups is 2. The molecule has 6 heteroatoms. The van der Waals surface area contributed by atoms with E-state index in [0.29, 0.717) is 19.4 Å². The van der Waals surface area contributed by atoms with Gasteiger partial charge in [0.25, 0.3) is 0 Å². The van der Waals surface area contributed by atoms with E-state index in [-0.39, 0.29) is 18.6 Å². The standard InChI is InChI=1S/C11H21NO5/c1-3-9(14)12-4-5-16-11-10(15)8(13)6-7(2)17-11/h7-8,10-11,13,15H,3-6H2,1-2H3,(H,12,14)/t7-,8+,10-,11+/m0/s1. The normalized spacial score (nSPS) is 33.4. The van der Waals surface area contributed by atoms with Crippen LogP contribution in [0.3, 0.4) is 0 Å². The minimum absolute atomic E-state index is 0.0490. The van der Waals surface area contributed by atoms with Gasteiger partial charge < -0.3 is 25.0 Å². The maximum atomic E-state index is 10.9. The van der Waals surface area contributed by atoms with E-state index in [1.54, 1.807) is 6.92 Å². The first-order valence-electron chi connectivity index (χ1n) is 5.94. The summed E-state index contributed by atoms with van der Waals surface area (Å²) in [6.45, 7) is 4.18. The summed E-state index contributed by atoms with van der Waals surface area (Å²) < 4.78 is 10.6. The van der Waals surface area contributed by atoms with Crippen molar-refractivity contribution in [2.45, 2.75) is 51.3 Å². The van der Waals surface area contributed by atoms with Crippen molar-refractivity contribution in [2.24, 2.45) is 0 Å². The fourth-order valence-electron chi connectivity index (χ4n) is 1.65. The van der Waals surface area contributed by atoms with Crippen molar-refractivity contribution in [1.29, 1.82) is 0 Å². The molecule has 0 radical (unpaired) electrons. The SMILES string of the molecule is CCC(=O)NCCO[C@@H]1O[C@@H](C)C[C@@H](O)[C@@H]1O. The zero-order valence-corrected chi connectivity index (χ0v) is 10.3. The quantitative estimate of drug-likeness (QED) is 0.564. The molecule has 1 rings (SSSR count). The van der Waals surface area contributed by atoms with Gasteiger partial charge in [-0.05, 0) is 6.92 Å². The van der Waals surface area contributed by atoms with Gasteiger partial charge in [0, 0.05) is 19.4 Å². The fraction of sp³-hybridized carbons (Fsp3) is 0.909. The van der Waals surface area contributed by atoms with E-state index in [2.05, 4.69) is 5.32 Å². The number of rotatable bonds is 5. The number of carbonyl (C=O) groups excluding carboxylic acids is 1. The molecule has 1 saturated heterocycles. The summed E-state index contributed by atoms with van der Waals surface area (Å²) in [5, 5.41) is 21.8. The molecule has 1 amide bonds. The van der Waals surface area contributed by atoms with Crippen LogP contribution in [-0.4, -0.2) is 53.9 Å². The average molecular weight is 247 g/mol. The van der Waals surface area contributed by atoms with E-state index in [1.807, 2.05) is 6.92 Å². The molecule has 4 atom stereocenters. The highest BCUT2D eigenvalue weighted by molar-refractivity contribution is 5.75. The summed E-state index contributed by atoms with van der Waals surface area (Å²) in [5.74, 6) is -0.0490. The molecule has 0 bridgehead atoms. The molecular weight excluding hydrogens is 226 g/mol. The van der Waals surface area contributed by atoms with Crippen LogP contribution in [0.5, 0.6) is 0 Å². The first-order chi connectivity index (χ1) is 8.04. The van der Waals surface area contributed by atoms with Crippen LogP contribution in [0.1, 0.15) is 26.7 Å². The minimum Gasteiger partial charge on any atom is -0.390 e. The van der Waals surface area contributed by atoms with Crippen LogP contribution in [0.4, 0.5) is 0 Å². The summed E-state index contributed by atoms with van der Waals surface area (Å²) in [4.78, 5) is 10.9. The van der Waals surface area contributed by atoms with E-state index in [4.69, 9.17) is 9.47 Å². The molecule has 0 unspecified atom stereocenters. The van der Waals surface area contributed by atoms with Crippen molar-refractivity contribution >= 4 is 5.91 Å². The van der Waals surface area contributed by atoms with Crippen LogP contribution < -0.4 is 5.32 Å². The van der Waals surface area contributed by atoms with E-state index in [0.717, 1.165) is 0 Å². The number of nitrogens with one attached hydrogen (secondary N) is 1. The molecule has 1 fully saturated rings. The van der Waals surface area contributed by atoms with Gasteiger partial charge in [-0.2, -0.15) is 0 Å². The fourth-order valence-corrected chi connectivity index (χ4v) is 1.65. The molecule has 0 aliphatic carbocycles. The second-order valence-electron chi connectivity index (χ2n) is 4.18. The molecule has 0 aromatic heterocycles. The van der Waals surface area contributed by atoms with Crippen molar-refractivity contribution < 1.29 is 24.5 Å². The van der Waals surface area contributed by atoms with Crippen LogP contribution in [0.25, 0.3) is 0 Å². The lowest BCUT2D eigenvalue weighted by Gasteiger charge is -2.35. The minimum atomic E-state index is -1.03. The largest absolute Gasteiger partial charge is 0.390 e. The molecule has 100 valence electrons. The van der Waals surface area contributed by atoms with Gasteiger partial charge in [-0.1, -0.05) is 6.92 Å². The number of aliphatic hydroxyl groups excluding tert-OH is 2. The second-order valence-corrected chi connectivity index (χ2v) is 4.18. The Morgan fingerprint density at radius 3 is 2.88 bits per heavy atom. The van der Waals surface area contributed by atoms with Gasteiger partial charge in [-0.3, -0.25) is 4.79 Å². The zero-order chi connectivity index (χ0) is 12.8. The summed E-state index contributed by atoms with van der Waals surface area (Å²) in [6.07, 6.45) is -2.01. The third-order valence-electron chi connectivity index (χ3n) is 2.64. The number of hydrogen-bond donors (Lipinski definition) is 3. The van der Waals surface area contributed by atoms with Crippen molar-refractivity contribution in [1.82, 2.24) is 5.32 Å². The van der Waals surface area contributed by atoms with Crippen LogP contribution in [0.2, 0.25) is 0 Å². The third-order valence-corrected chi connectivity index (χ3v) is 2.64. The molecular formula is C11H21NO5. The first kappa shape index (κ1) is 14.4. The van der Waals surface area contributed by atoms with Crippen LogP contribution >= 0.6 is 0 Å². The molecule has 1 heterocycles. The van der Waals surface area contributed by atoms with E-state index >= 15 is 0 Å². The molecule has 0 spiro atoms. The number of carbonyl (C=O) groups is 1. The summed E-state index contributed by atoms with van der Waals surface area (Å²) in [5.41, 5.74) is 0. The lowest BCUT2D eigenvalue weighted by molar-refractivity contribution is -0.262. The Balaban J connectivity index is 2.23. The molecule has 1 aliphatic rings. The predicted molar refractivity (Wildman–Crippen MR) is 60.2 cm³/mol. The Labute approximate surface area is 101 Å². The third kappa shape index (κ3) is 4.59. The van der Waals surface area contributed by atoms with Gasteiger partial charge in [0.15, 0.2) is 6.29 Å². The Morgan fingerprint density at radius 1 is 1.53 bits per heavy atom. The van der Waals surface area contributed by atoms with E-state index in [1.165, 1.54) is 0 Å². The van der Waals surface area contributed by atoms with Crippen molar-refractivity contribution in [3.63, 3.8) is 0 Å². The molecule has 0 aromatic carbocycles. The van der Waals surface area contributed by atoms with Gasteiger partial charge >= 0.3 is 0 Å². The highest BCUT2D eigenvalue weighted by Crippen LogP contribution is 2.20. The molecule has 6 nitrogen and oxygen atoms in total. The van der Waals surface area contributed by atoms with Gasteiger partial charge in [0.1, 0.15) is 6.10 Å². The maximum Gasteiger partial charge on any atom is 0.219 e. The highest BCUT2D eigenvalue weighted by Gasteiger charge is 2.35. The summed E-state index contributed by atoms with van der Waals surface area (Å²) in [7, 11) is 0. The zero-order valence-electron chi connectivity index (χ0n) is 10.3. The Bertz CT molecular complexity index is 248. The monoisotopic (exact) mass is 247 g/mol. The number of amides is 1. The average Bonchev–Trinajstić information content (AvgIpc) is 2.30. The van der Waals surface area contributed by atoms with Crippen molar-refractivity contribution in [3.8, 4) is 0 Å². The first-order valence-corrected chi connectivity index (χ1v) is 5.94. The van der Waals surface area contributed by atoms with Gasteiger partial charge in [0.05, 0.1) is 18.8 Å². The number of ether oxygens (including phenoxy) is 2. The maximum absolute atomic E-state index is 10.9. The predicted octanol–water partition coefficient (Wildman–Crippen LogP) is -0.614. The smallest absolute Gasteiger partial charge is 0.219 e. The van der Waals surface area contributed by atoms with Crippen molar-refractivity contribution in [2.75, 3.05) is 13.2 Å². The lowest BCUT2D eigenvalue weighted by Crippen LogP contribution is -2.49. The van der Waals surface area contributed by atoms with Crippen LogP contribution in [0, 0.1) is 0 Å². The van der Waals surface area contributed by atoms with Crippen LogP contribution in [0.15, 0.2) is 0 Å². The molecule has 3 N–H and O–H groups in total. The van der Waals surface area contributed by atoms with E-state index < -0.39 is 18.5 Å². The number of hydrogen-bond acceptors (Lipinski definition) is 5. The topological polar surface area (TPSA) is 88.0 Å². The summed E-state index contributed by atoms with van der Waals surface area (Å²) >= 11 is 0. The Hall–Kier alpha value is -0.690. The second kappa shape index (κ2) is 6.90. The summed E-state index contributed by atoms with van der Waals surface area (Å²) in [6, 6.07) is 0. The Kier molecular flexibility index (Phi) is 5.84. The van der Waals surface area contributed by atoms with Gasteiger partial charge in [-0.25, -0.2) is 0 Å².